The maximum Gasteiger partial charge on any atom is 0.303 e. The molecule has 1 fully saturated rings. The summed E-state index contributed by atoms with van der Waals surface area (Å²) in [6, 6.07) is 7.04. The minimum absolute atomic E-state index is 0.0621. The standard InChI is InChI=1S/C26H39N11O3.2C2H6/c27-8-2-9-34-10-12-35(13-11-34)14-15-36-19-20(17-31-36)32-26-30-18-23(28)25(33-26)37(29)21-4-6-22(7-5-21)40-16-1-3-24(38)39;2*1-2/h4-7,17-19H,1-3,8-16,27-29H2,(H,38,39)(H,30,32,33);2*1-2H3. The molecule has 4 rings (SSSR count). The molecule has 14 nitrogen and oxygen atoms in total. The first-order chi connectivity index (χ1) is 21.4. The largest absolute Gasteiger partial charge is 0.494 e. The first kappa shape index (κ1) is 36.2. The van der Waals surface area contributed by atoms with Crippen LogP contribution in [0, 0.1) is 0 Å². The summed E-state index contributed by atoms with van der Waals surface area (Å²) in [6.45, 7) is 16.1. The Balaban J connectivity index is 0.00000162. The number of rotatable bonds is 15. The number of nitrogens with two attached hydrogens (primary N) is 3. The van der Waals surface area contributed by atoms with E-state index in [0.29, 0.717) is 41.9 Å². The number of ether oxygens (including phenoxy) is 1. The molecule has 3 aromatic rings. The van der Waals surface area contributed by atoms with E-state index >= 15 is 0 Å². The van der Waals surface area contributed by atoms with Crippen LogP contribution in [0.15, 0.2) is 42.9 Å². The molecule has 1 aliphatic heterocycles. The average Bonchev–Trinajstić information content (AvgIpc) is 3.51. The Morgan fingerprint density at radius 2 is 1.66 bits per heavy atom. The van der Waals surface area contributed by atoms with Crippen LogP contribution in [-0.4, -0.2) is 93.0 Å². The van der Waals surface area contributed by atoms with Crippen LogP contribution in [0.4, 0.5) is 28.8 Å². The molecule has 0 saturated carbocycles. The molecule has 3 heterocycles. The number of carbonyl (C=O) groups is 1. The maximum atomic E-state index is 10.6. The lowest BCUT2D eigenvalue weighted by atomic mass is 10.3. The number of hydrogen-bond donors (Lipinski definition) is 5. The van der Waals surface area contributed by atoms with Gasteiger partial charge >= 0.3 is 5.97 Å². The fraction of sp³-hybridized carbons (Fsp3) is 0.533. The predicted octanol–water partition coefficient (Wildman–Crippen LogP) is 3.27. The summed E-state index contributed by atoms with van der Waals surface area (Å²) in [5, 5.41) is 17.7. The molecule has 1 aliphatic rings. The molecule has 8 N–H and O–H groups in total. The van der Waals surface area contributed by atoms with Gasteiger partial charge in [-0.05, 0) is 50.2 Å². The monoisotopic (exact) mass is 613 g/mol. The molecule has 1 aromatic carbocycles. The summed E-state index contributed by atoms with van der Waals surface area (Å²) in [7, 11) is 0. The number of piperazine rings is 1. The molecule has 0 radical (unpaired) electrons. The molecule has 0 bridgehead atoms. The van der Waals surface area contributed by atoms with E-state index in [9.17, 15) is 4.79 Å². The lowest BCUT2D eigenvalue weighted by molar-refractivity contribution is -0.137. The van der Waals surface area contributed by atoms with E-state index < -0.39 is 5.97 Å². The number of nitrogens with zero attached hydrogens (tertiary/aromatic N) is 7. The maximum absolute atomic E-state index is 10.6. The highest BCUT2D eigenvalue weighted by molar-refractivity contribution is 5.71. The zero-order valence-corrected chi connectivity index (χ0v) is 26.7. The third-order valence-electron chi connectivity index (χ3n) is 6.62. The topological polar surface area (TPSA) is 190 Å². The molecule has 0 amide bonds. The highest BCUT2D eigenvalue weighted by Crippen LogP contribution is 2.28. The van der Waals surface area contributed by atoms with Crippen molar-refractivity contribution >= 4 is 34.8 Å². The molecule has 0 spiro atoms. The van der Waals surface area contributed by atoms with Crippen molar-refractivity contribution in [2.75, 3.05) is 68.5 Å². The fourth-order valence-electron chi connectivity index (χ4n) is 4.35. The van der Waals surface area contributed by atoms with E-state index in [1.165, 1.54) is 11.2 Å². The van der Waals surface area contributed by atoms with Crippen molar-refractivity contribution < 1.29 is 14.6 Å². The number of nitrogens with one attached hydrogen (secondary N) is 1. The van der Waals surface area contributed by atoms with Crippen molar-refractivity contribution in [3.63, 3.8) is 0 Å². The smallest absolute Gasteiger partial charge is 0.303 e. The Labute approximate surface area is 261 Å². The lowest BCUT2D eigenvalue weighted by Gasteiger charge is -2.34. The Morgan fingerprint density at radius 3 is 2.30 bits per heavy atom. The summed E-state index contributed by atoms with van der Waals surface area (Å²) < 4.78 is 7.48. The molecule has 1 saturated heterocycles. The summed E-state index contributed by atoms with van der Waals surface area (Å²) in [6.07, 6.45) is 6.70. The van der Waals surface area contributed by atoms with Crippen LogP contribution in [0.25, 0.3) is 0 Å². The Kier molecular flexibility index (Phi) is 16.5. The van der Waals surface area contributed by atoms with Crippen molar-refractivity contribution in [1.29, 1.82) is 0 Å². The van der Waals surface area contributed by atoms with Crippen molar-refractivity contribution in [2.24, 2.45) is 11.6 Å². The lowest BCUT2D eigenvalue weighted by Crippen LogP contribution is -2.47. The molecule has 0 unspecified atom stereocenters. The van der Waals surface area contributed by atoms with Gasteiger partial charge in [0.15, 0.2) is 5.82 Å². The van der Waals surface area contributed by atoms with Crippen LogP contribution >= 0.6 is 0 Å². The van der Waals surface area contributed by atoms with Crippen LogP contribution in [0.2, 0.25) is 0 Å². The van der Waals surface area contributed by atoms with Crippen LogP contribution in [0.3, 0.4) is 0 Å². The van der Waals surface area contributed by atoms with E-state index in [1.54, 1.807) is 30.5 Å². The third-order valence-corrected chi connectivity index (χ3v) is 6.62. The molecule has 244 valence electrons. The zero-order valence-electron chi connectivity index (χ0n) is 26.7. The van der Waals surface area contributed by atoms with Gasteiger partial charge in [0.1, 0.15) is 5.75 Å². The number of aliphatic carboxylic acids is 1. The average molecular weight is 614 g/mol. The van der Waals surface area contributed by atoms with E-state index in [1.807, 2.05) is 38.6 Å². The number of carboxylic acid groups (broad SMARTS) is 1. The second kappa shape index (κ2) is 20.1. The minimum Gasteiger partial charge on any atom is -0.494 e. The summed E-state index contributed by atoms with van der Waals surface area (Å²) in [5.41, 5.74) is 13.5. The zero-order chi connectivity index (χ0) is 32.3. The van der Waals surface area contributed by atoms with Crippen LogP contribution in [0.1, 0.15) is 47.0 Å². The first-order valence-corrected chi connectivity index (χ1v) is 15.5. The molecule has 44 heavy (non-hydrogen) atoms. The van der Waals surface area contributed by atoms with Gasteiger partial charge in [-0.25, -0.2) is 10.8 Å². The van der Waals surface area contributed by atoms with Gasteiger partial charge < -0.3 is 31.5 Å². The highest BCUT2D eigenvalue weighted by atomic mass is 16.5. The Bertz CT molecular complexity index is 1220. The molecular formula is C30H51N11O3. The van der Waals surface area contributed by atoms with Gasteiger partial charge in [0.2, 0.25) is 5.95 Å². The minimum atomic E-state index is -0.845. The normalized spacial score (nSPS) is 13.2. The Hall–Kier alpha value is -3.98. The van der Waals surface area contributed by atoms with E-state index in [-0.39, 0.29) is 6.42 Å². The van der Waals surface area contributed by atoms with Crippen molar-refractivity contribution in [3.8, 4) is 5.75 Å². The van der Waals surface area contributed by atoms with E-state index in [2.05, 4.69) is 30.2 Å². The number of anilines is 5. The summed E-state index contributed by atoms with van der Waals surface area (Å²) in [4.78, 5) is 24.3. The number of hydrogen-bond acceptors (Lipinski definition) is 12. The number of carboxylic acids is 1. The molecule has 14 heteroatoms. The van der Waals surface area contributed by atoms with Gasteiger partial charge in [0.05, 0.1) is 42.6 Å². The summed E-state index contributed by atoms with van der Waals surface area (Å²) in [5.74, 6) is 6.78. The van der Waals surface area contributed by atoms with Crippen LogP contribution < -0.4 is 32.4 Å². The number of nitrogen functional groups attached to an aromatic ring is 1. The van der Waals surface area contributed by atoms with Gasteiger partial charge in [0, 0.05) is 45.3 Å². The van der Waals surface area contributed by atoms with Gasteiger partial charge in [-0.3, -0.25) is 19.4 Å². The second-order valence-electron chi connectivity index (χ2n) is 9.62. The number of aromatic nitrogens is 4. The number of benzene rings is 1. The quantitative estimate of drug-likeness (QED) is 0.0954. The van der Waals surface area contributed by atoms with E-state index in [4.69, 9.17) is 27.2 Å². The van der Waals surface area contributed by atoms with Crippen molar-refractivity contribution in [3.05, 3.63) is 42.9 Å². The predicted molar refractivity (Wildman–Crippen MR) is 176 cm³/mol. The molecule has 0 atom stereocenters. The van der Waals surface area contributed by atoms with Crippen LogP contribution in [0.5, 0.6) is 5.75 Å². The fourth-order valence-corrected chi connectivity index (χ4v) is 4.35. The van der Waals surface area contributed by atoms with Crippen LogP contribution in [-0.2, 0) is 11.3 Å². The Morgan fingerprint density at radius 1 is 1.00 bits per heavy atom. The third kappa shape index (κ3) is 12.0. The van der Waals surface area contributed by atoms with E-state index in [0.717, 1.165) is 64.5 Å². The van der Waals surface area contributed by atoms with Crippen molar-refractivity contribution in [2.45, 2.75) is 53.5 Å². The van der Waals surface area contributed by atoms with Gasteiger partial charge in [-0.1, -0.05) is 27.7 Å². The van der Waals surface area contributed by atoms with Gasteiger partial charge in [0.25, 0.3) is 0 Å². The first-order valence-electron chi connectivity index (χ1n) is 15.5. The molecule has 0 aliphatic carbocycles. The number of hydrazine groups is 1. The summed E-state index contributed by atoms with van der Waals surface area (Å²) >= 11 is 0. The molecular weight excluding hydrogens is 562 g/mol. The van der Waals surface area contributed by atoms with Gasteiger partial charge in [-0.15, -0.1) is 0 Å². The molecule has 2 aromatic heterocycles. The highest BCUT2D eigenvalue weighted by Gasteiger charge is 2.17. The van der Waals surface area contributed by atoms with Crippen molar-refractivity contribution in [1.82, 2.24) is 29.5 Å². The van der Waals surface area contributed by atoms with Gasteiger partial charge in [-0.2, -0.15) is 10.1 Å². The SMILES string of the molecule is CC.CC.NCCCN1CCN(CCn2cc(Nc3ncc(N)c(N(N)c4ccc(OCCCC(=O)O)cc4)n3)cn2)CC1. The second-order valence-corrected chi connectivity index (χ2v) is 9.62.